The molecule has 0 atom stereocenters. The summed E-state index contributed by atoms with van der Waals surface area (Å²) in [7, 11) is -3.67. The van der Waals surface area contributed by atoms with Crippen LogP contribution < -0.4 is 9.62 Å². The van der Waals surface area contributed by atoms with Gasteiger partial charge in [-0.1, -0.05) is 42.5 Å². The molecule has 0 aromatic heterocycles. The van der Waals surface area contributed by atoms with Crippen LogP contribution >= 0.6 is 11.8 Å². The Morgan fingerprint density at radius 2 is 1.62 bits per heavy atom. The van der Waals surface area contributed by atoms with Gasteiger partial charge in [-0.25, -0.2) is 12.8 Å². The first-order chi connectivity index (χ1) is 15.3. The van der Waals surface area contributed by atoms with Gasteiger partial charge in [0.15, 0.2) is 0 Å². The molecule has 0 fully saturated rings. The van der Waals surface area contributed by atoms with Crippen molar-refractivity contribution in [3.05, 3.63) is 90.2 Å². The number of nitrogens with one attached hydrogen (secondary N) is 1. The van der Waals surface area contributed by atoms with Crippen LogP contribution in [0.3, 0.4) is 0 Å². The third-order valence-electron chi connectivity index (χ3n) is 4.67. The van der Waals surface area contributed by atoms with Crippen LogP contribution in [-0.2, 0) is 20.6 Å². The molecule has 0 aliphatic carbocycles. The first-order valence-electron chi connectivity index (χ1n) is 10.1. The van der Waals surface area contributed by atoms with Crippen molar-refractivity contribution in [1.29, 1.82) is 0 Å². The Hall–Kier alpha value is -2.84. The molecule has 0 spiro atoms. The van der Waals surface area contributed by atoms with Crippen molar-refractivity contribution < 1.29 is 17.6 Å². The number of sulfonamides is 1. The van der Waals surface area contributed by atoms with E-state index in [9.17, 15) is 17.6 Å². The molecule has 0 bridgehead atoms. The van der Waals surface area contributed by atoms with Gasteiger partial charge in [0, 0.05) is 29.3 Å². The molecule has 0 unspecified atom stereocenters. The second-order valence-electron chi connectivity index (χ2n) is 7.24. The van der Waals surface area contributed by atoms with E-state index in [1.54, 1.807) is 17.8 Å². The standard InChI is InChI=1S/C24H25FN2O3S2/c1-32(29,30)27(23-11-6-5-10-22(23)25)17-7-12-24(28)26-20-15-13-19(14-16-20)18-31-21-8-3-2-4-9-21/h2-6,8-11,13-16H,7,12,17-18H2,1H3,(H,26,28). The van der Waals surface area contributed by atoms with E-state index in [4.69, 9.17) is 0 Å². The van der Waals surface area contributed by atoms with E-state index in [-0.39, 0.29) is 31.0 Å². The number of para-hydroxylation sites is 1. The average Bonchev–Trinajstić information content (AvgIpc) is 2.77. The number of halogens is 1. The number of anilines is 2. The minimum absolute atomic E-state index is 0.0145. The number of thioether (sulfide) groups is 1. The van der Waals surface area contributed by atoms with Crippen molar-refractivity contribution in [2.45, 2.75) is 23.5 Å². The molecule has 5 nitrogen and oxygen atoms in total. The summed E-state index contributed by atoms with van der Waals surface area (Å²) in [5.74, 6) is -0.0124. The summed E-state index contributed by atoms with van der Waals surface area (Å²) in [6, 6.07) is 23.5. The Kier molecular flexibility index (Phi) is 8.30. The van der Waals surface area contributed by atoms with Crippen LogP contribution in [0.25, 0.3) is 0 Å². The molecule has 0 aliphatic heterocycles. The first kappa shape index (κ1) is 23.8. The number of hydrogen-bond acceptors (Lipinski definition) is 4. The van der Waals surface area contributed by atoms with Gasteiger partial charge < -0.3 is 5.32 Å². The summed E-state index contributed by atoms with van der Waals surface area (Å²) in [6.45, 7) is 0.0167. The zero-order valence-electron chi connectivity index (χ0n) is 17.7. The van der Waals surface area contributed by atoms with Crippen LogP contribution in [0.5, 0.6) is 0 Å². The minimum atomic E-state index is -3.67. The van der Waals surface area contributed by atoms with Crippen LogP contribution in [0.15, 0.2) is 83.8 Å². The molecular weight excluding hydrogens is 447 g/mol. The maximum Gasteiger partial charge on any atom is 0.232 e. The number of amides is 1. The van der Waals surface area contributed by atoms with Crippen molar-refractivity contribution in [1.82, 2.24) is 0 Å². The van der Waals surface area contributed by atoms with E-state index in [1.165, 1.54) is 23.1 Å². The van der Waals surface area contributed by atoms with Gasteiger partial charge in [0.25, 0.3) is 0 Å². The second-order valence-corrected chi connectivity index (χ2v) is 10.2. The van der Waals surface area contributed by atoms with Crippen LogP contribution in [-0.4, -0.2) is 27.1 Å². The molecule has 1 amide bonds. The quantitative estimate of drug-likeness (QED) is 0.407. The van der Waals surface area contributed by atoms with Crippen LogP contribution in [0.2, 0.25) is 0 Å². The molecule has 0 saturated heterocycles. The van der Waals surface area contributed by atoms with E-state index >= 15 is 0 Å². The summed E-state index contributed by atoms with van der Waals surface area (Å²) in [6.07, 6.45) is 1.41. The molecule has 3 aromatic carbocycles. The molecule has 0 radical (unpaired) electrons. The molecule has 3 aromatic rings. The van der Waals surface area contributed by atoms with Gasteiger partial charge in [-0.15, -0.1) is 11.8 Å². The lowest BCUT2D eigenvalue weighted by Gasteiger charge is -2.22. The molecule has 168 valence electrons. The summed E-state index contributed by atoms with van der Waals surface area (Å²) in [4.78, 5) is 13.5. The van der Waals surface area contributed by atoms with Crippen molar-refractivity contribution in [3.63, 3.8) is 0 Å². The lowest BCUT2D eigenvalue weighted by molar-refractivity contribution is -0.116. The third kappa shape index (κ3) is 7.10. The Labute approximate surface area is 192 Å². The van der Waals surface area contributed by atoms with Gasteiger partial charge >= 0.3 is 0 Å². The van der Waals surface area contributed by atoms with Crippen LogP contribution in [0.1, 0.15) is 18.4 Å². The van der Waals surface area contributed by atoms with E-state index in [0.29, 0.717) is 5.69 Å². The summed E-state index contributed by atoms with van der Waals surface area (Å²) >= 11 is 1.74. The van der Waals surface area contributed by atoms with Crippen LogP contribution in [0.4, 0.5) is 15.8 Å². The van der Waals surface area contributed by atoms with Gasteiger partial charge in [-0.3, -0.25) is 9.10 Å². The maximum absolute atomic E-state index is 14.0. The fraction of sp³-hybridized carbons (Fsp3) is 0.208. The molecule has 1 N–H and O–H groups in total. The predicted octanol–water partition coefficient (Wildman–Crippen LogP) is 5.30. The largest absolute Gasteiger partial charge is 0.326 e. The monoisotopic (exact) mass is 472 g/mol. The smallest absolute Gasteiger partial charge is 0.232 e. The zero-order chi connectivity index (χ0) is 23.0. The highest BCUT2D eigenvalue weighted by atomic mass is 32.2. The van der Waals surface area contributed by atoms with E-state index < -0.39 is 15.8 Å². The molecule has 0 saturated carbocycles. The number of nitrogens with zero attached hydrogens (tertiary/aromatic N) is 1. The van der Waals surface area contributed by atoms with Gasteiger partial charge in [-0.05, 0) is 48.4 Å². The number of carbonyl (C=O) groups is 1. The normalized spacial score (nSPS) is 11.2. The Morgan fingerprint density at radius 3 is 2.28 bits per heavy atom. The Bertz CT molecular complexity index is 1140. The molecule has 0 aliphatic rings. The van der Waals surface area contributed by atoms with Crippen LogP contribution in [0, 0.1) is 5.82 Å². The molecule has 8 heteroatoms. The molecule has 32 heavy (non-hydrogen) atoms. The summed E-state index contributed by atoms with van der Waals surface area (Å²) < 4.78 is 39.2. The fourth-order valence-electron chi connectivity index (χ4n) is 3.09. The molecule has 3 rings (SSSR count). The van der Waals surface area contributed by atoms with Crippen molar-refractivity contribution >= 4 is 39.1 Å². The minimum Gasteiger partial charge on any atom is -0.326 e. The summed E-state index contributed by atoms with van der Waals surface area (Å²) in [5, 5.41) is 2.82. The fourth-order valence-corrected chi connectivity index (χ4v) is 4.93. The van der Waals surface area contributed by atoms with E-state index in [1.807, 2.05) is 42.5 Å². The highest BCUT2D eigenvalue weighted by molar-refractivity contribution is 7.98. The van der Waals surface area contributed by atoms with E-state index in [0.717, 1.165) is 21.9 Å². The van der Waals surface area contributed by atoms with Crippen molar-refractivity contribution in [2.75, 3.05) is 22.4 Å². The van der Waals surface area contributed by atoms with E-state index in [2.05, 4.69) is 17.4 Å². The number of benzene rings is 3. The number of hydrogen-bond donors (Lipinski definition) is 1. The Balaban J connectivity index is 1.49. The lowest BCUT2D eigenvalue weighted by atomic mass is 10.2. The Morgan fingerprint density at radius 1 is 0.969 bits per heavy atom. The topological polar surface area (TPSA) is 66.5 Å². The van der Waals surface area contributed by atoms with Gasteiger partial charge in [0.05, 0.1) is 11.9 Å². The van der Waals surface area contributed by atoms with Gasteiger partial charge in [-0.2, -0.15) is 0 Å². The second kappa shape index (κ2) is 11.2. The molecule has 0 heterocycles. The molecular formula is C24H25FN2O3S2. The highest BCUT2D eigenvalue weighted by Gasteiger charge is 2.20. The van der Waals surface area contributed by atoms with Gasteiger partial charge in [0.1, 0.15) is 5.82 Å². The van der Waals surface area contributed by atoms with Crippen molar-refractivity contribution in [2.24, 2.45) is 0 Å². The number of carbonyl (C=O) groups excluding carboxylic acids is 1. The first-order valence-corrected chi connectivity index (χ1v) is 13.0. The summed E-state index contributed by atoms with van der Waals surface area (Å²) in [5.41, 5.74) is 1.81. The average molecular weight is 473 g/mol. The maximum atomic E-state index is 14.0. The lowest BCUT2D eigenvalue weighted by Crippen LogP contribution is -2.32. The predicted molar refractivity (Wildman–Crippen MR) is 129 cm³/mol. The third-order valence-corrected chi connectivity index (χ3v) is 6.94. The SMILES string of the molecule is CS(=O)(=O)N(CCCC(=O)Nc1ccc(CSc2ccccc2)cc1)c1ccccc1F. The highest BCUT2D eigenvalue weighted by Crippen LogP contribution is 2.24. The zero-order valence-corrected chi connectivity index (χ0v) is 19.3. The van der Waals surface area contributed by atoms with Crippen molar-refractivity contribution in [3.8, 4) is 0 Å². The number of rotatable bonds is 10. The van der Waals surface area contributed by atoms with Gasteiger partial charge in [0.2, 0.25) is 15.9 Å².